The van der Waals surface area contributed by atoms with E-state index in [-0.39, 0.29) is 18.0 Å². The van der Waals surface area contributed by atoms with Gasteiger partial charge in [0.15, 0.2) is 0 Å². The summed E-state index contributed by atoms with van der Waals surface area (Å²) < 4.78 is 25.9. The molecule has 0 aliphatic rings. The molecule has 1 heterocycles. The highest BCUT2D eigenvalue weighted by Gasteiger charge is 2.21. The molecule has 0 aromatic carbocycles. The van der Waals surface area contributed by atoms with E-state index in [9.17, 15) is 13.5 Å². The van der Waals surface area contributed by atoms with Gasteiger partial charge >= 0.3 is 0 Å². The second-order valence-corrected chi connectivity index (χ2v) is 6.69. The highest BCUT2D eigenvalue weighted by Crippen LogP contribution is 2.15. The average Bonchev–Trinajstić information content (AvgIpc) is 2.45. The standard InChI is InChI=1S/C14H20N2O4S/c1-12(18)6-7-16(2)21(19,20)14-9-13(10-15-11-14)5-3-4-8-17/h9-12,17-18H,4,6-8H2,1-2H3. The first-order chi connectivity index (χ1) is 9.87. The quantitative estimate of drug-likeness (QED) is 0.733. The maximum absolute atomic E-state index is 12.3. The maximum Gasteiger partial charge on any atom is 0.244 e. The van der Waals surface area contributed by atoms with Crippen LogP contribution in [0.2, 0.25) is 0 Å². The van der Waals surface area contributed by atoms with E-state index in [1.165, 1.54) is 29.8 Å². The third-order valence-electron chi connectivity index (χ3n) is 2.75. The number of hydrogen-bond donors (Lipinski definition) is 2. The Morgan fingerprint density at radius 1 is 1.43 bits per heavy atom. The molecule has 1 aromatic heterocycles. The Bertz CT molecular complexity index is 617. The molecule has 0 bridgehead atoms. The van der Waals surface area contributed by atoms with Gasteiger partial charge in [0.25, 0.3) is 0 Å². The molecule has 0 aliphatic heterocycles. The lowest BCUT2D eigenvalue weighted by atomic mass is 10.3. The minimum atomic E-state index is -3.65. The number of rotatable bonds is 6. The van der Waals surface area contributed by atoms with Crippen molar-refractivity contribution >= 4 is 10.0 Å². The van der Waals surface area contributed by atoms with Crippen LogP contribution in [0.15, 0.2) is 23.4 Å². The number of aliphatic hydroxyl groups is 2. The van der Waals surface area contributed by atoms with Crippen molar-refractivity contribution in [3.63, 3.8) is 0 Å². The molecule has 6 nitrogen and oxygen atoms in total. The highest BCUT2D eigenvalue weighted by molar-refractivity contribution is 7.89. The van der Waals surface area contributed by atoms with Gasteiger partial charge in [0.2, 0.25) is 10.0 Å². The molecule has 0 spiro atoms. The molecule has 1 atom stereocenters. The summed E-state index contributed by atoms with van der Waals surface area (Å²) in [6, 6.07) is 1.45. The molecule has 0 radical (unpaired) electrons. The van der Waals surface area contributed by atoms with Crippen molar-refractivity contribution < 1.29 is 18.6 Å². The van der Waals surface area contributed by atoms with Crippen molar-refractivity contribution in [3.8, 4) is 11.8 Å². The molecule has 2 N–H and O–H groups in total. The minimum Gasteiger partial charge on any atom is -0.395 e. The van der Waals surface area contributed by atoms with Crippen LogP contribution in [0.5, 0.6) is 0 Å². The molecule has 21 heavy (non-hydrogen) atoms. The molecular weight excluding hydrogens is 292 g/mol. The monoisotopic (exact) mass is 312 g/mol. The fourth-order valence-corrected chi connectivity index (χ4v) is 2.69. The topological polar surface area (TPSA) is 90.7 Å². The number of nitrogens with zero attached hydrogens (tertiary/aromatic N) is 2. The van der Waals surface area contributed by atoms with E-state index in [1.807, 2.05) is 0 Å². The predicted octanol–water partition coefficient (Wildman–Crippen LogP) is 0.207. The predicted molar refractivity (Wildman–Crippen MR) is 78.9 cm³/mol. The zero-order valence-corrected chi connectivity index (χ0v) is 13.0. The summed E-state index contributed by atoms with van der Waals surface area (Å²) in [5.74, 6) is 5.47. The maximum atomic E-state index is 12.3. The van der Waals surface area contributed by atoms with Gasteiger partial charge in [0, 0.05) is 38.0 Å². The van der Waals surface area contributed by atoms with Gasteiger partial charge in [-0.25, -0.2) is 12.7 Å². The van der Waals surface area contributed by atoms with E-state index in [4.69, 9.17) is 5.11 Å². The Morgan fingerprint density at radius 2 is 2.14 bits per heavy atom. The Labute approximate surface area is 125 Å². The van der Waals surface area contributed by atoms with Crippen LogP contribution in [0.3, 0.4) is 0 Å². The summed E-state index contributed by atoms with van der Waals surface area (Å²) in [4.78, 5) is 3.95. The van der Waals surface area contributed by atoms with Crippen LogP contribution < -0.4 is 0 Å². The molecule has 1 aromatic rings. The number of hydrogen-bond acceptors (Lipinski definition) is 5. The number of aliphatic hydroxyl groups excluding tert-OH is 2. The minimum absolute atomic E-state index is 0.0412. The Hall–Kier alpha value is -1.46. The van der Waals surface area contributed by atoms with Crippen LogP contribution >= 0.6 is 0 Å². The molecule has 0 fully saturated rings. The summed E-state index contributed by atoms with van der Waals surface area (Å²) in [6.07, 6.45) is 2.87. The van der Waals surface area contributed by atoms with E-state index in [2.05, 4.69) is 16.8 Å². The van der Waals surface area contributed by atoms with Crippen LogP contribution in [-0.2, 0) is 10.0 Å². The molecule has 1 unspecified atom stereocenters. The first kappa shape index (κ1) is 17.6. The first-order valence-corrected chi connectivity index (χ1v) is 8.01. The molecular formula is C14H20N2O4S. The fraction of sp³-hybridized carbons (Fsp3) is 0.500. The molecule has 1 rings (SSSR count). The number of pyridine rings is 1. The van der Waals surface area contributed by atoms with E-state index in [0.717, 1.165) is 0 Å². The summed E-state index contributed by atoms with van der Waals surface area (Å²) >= 11 is 0. The van der Waals surface area contributed by atoms with Crippen molar-refractivity contribution in [3.05, 3.63) is 24.0 Å². The van der Waals surface area contributed by atoms with Crippen LogP contribution in [0.1, 0.15) is 25.3 Å². The molecule has 7 heteroatoms. The van der Waals surface area contributed by atoms with Gasteiger partial charge in [-0.2, -0.15) is 0 Å². The third kappa shape index (κ3) is 5.44. The molecule has 0 amide bonds. The Morgan fingerprint density at radius 3 is 2.76 bits per heavy atom. The molecule has 116 valence electrons. The largest absolute Gasteiger partial charge is 0.395 e. The summed E-state index contributed by atoms with van der Waals surface area (Å²) in [6.45, 7) is 1.79. The normalized spacial score (nSPS) is 12.8. The van der Waals surface area contributed by atoms with Gasteiger partial charge in [-0.05, 0) is 19.4 Å². The summed E-state index contributed by atoms with van der Waals surface area (Å²) in [7, 11) is -2.19. The Kier molecular flexibility index (Phi) is 6.78. The smallest absolute Gasteiger partial charge is 0.244 e. The van der Waals surface area contributed by atoms with Crippen LogP contribution in [0.4, 0.5) is 0 Å². The van der Waals surface area contributed by atoms with Crippen LogP contribution in [0, 0.1) is 11.8 Å². The second kappa shape index (κ2) is 8.10. The van der Waals surface area contributed by atoms with Gasteiger partial charge in [0.05, 0.1) is 12.7 Å². The van der Waals surface area contributed by atoms with Crippen molar-refractivity contribution in [1.82, 2.24) is 9.29 Å². The SMILES string of the molecule is CC(O)CCN(C)S(=O)(=O)c1cncc(C#CCCO)c1. The van der Waals surface area contributed by atoms with Gasteiger partial charge < -0.3 is 10.2 Å². The van der Waals surface area contributed by atoms with Crippen molar-refractivity contribution in [2.75, 3.05) is 20.2 Å². The van der Waals surface area contributed by atoms with Crippen molar-refractivity contribution in [2.45, 2.75) is 30.8 Å². The van der Waals surface area contributed by atoms with Crippen LogP contribution in [0.25, 0.3) is 0 Å². The van der Waals surface area contributed by atoms with Gasteiger partial charge in [-0.3, -0.25) is 4.98 Å². The van der Waals surface area contributed by atoms with Gasteiger partial charge in [-0.15, -0.1) is 0 Å². The zero-order valence-electron chi connectivity index (χ0n) is 12.2. The Balaban J connectivity index is 2.93. The lowest BCUT2D eigenvalue weighted by molar-refractivity contribution is 0.177. The molecule has 0 saturated heterocycles. The third-order valence-corrected chi connectivity index (χ3v) is 4.57. The van der Waals surface area contributed by atoms with Gasteiger partial charge in [0.1, 0.15) is 4.90 Å². The lowest BCUT2D eigenvalue weighted by Crippen LogP contribution is -2.29. The summed E-state index contributed by atoms with van der Waals surface area (Å²) in [5.41, 5.74) is 0.480. The van der Waals surface area contributed by atoms with E-state index in [0.29, 0.717) is 18.4 Å². The average molecular weight is 312 g/mol. The van der Waals surface area contributed by atoms with Gasteiger partial charge in [-0.1, -0.05) is 11.8 Å². The molecule has 0 saturated carbocycles. The fourth-order valence-electron chi connectivity index (χ4n) is 1.52. The lowest BCUT2D eigenvalue weighted by Gasteiger charge is -2.17. The second-order valence-electron chi connectivity index (χ2n) is 4.65. The summed E-state index contributed by atoms with van der Waals surface area (Å²) in [5, 5.41) is 17.9. The van der Waals surface area contributed by atoms with Crippen molar-refractivity contribution in [1.29, 1.82) is 0 Å². The van der Waals surface area contributed by atoms with Crippen LogP contribution in [-0.4, -0.2) is 54.2 Å². The van der Waals surface area contributed by atoms with E-state index < -0.39 is 16.1 Å². The van der Waals surface area contributed by atoms with Crippen molar-refractivity contribution in [2.24, 2.45) is 0 Å². The van der Waals surface area contributed by atoms with E-state index in [1.54, 1.807) is 6.92 Å². The first-order valence-electron chi connectivity index (χ1n) is 6.57. The van der Waals surface area contributed by atoms with E-state index >= 15 is 0 Å². The zero-order chi connectivity index (χ0) is 15.9. The number of aromatic nitrogens is 1. The molecule has 0 aliphatic carbocycles. The highest BCUT2D eigenvalue weighted by atomic mass is 32.2. The number of sulfonamides is 1.